The van der Waals surface area contributed by atoms with E-state index in [-0.39, 0.29) is 0 Å². The molecule has 0 saturated heterocycles. The molecule has 0 aromatic carbocycles. The van der Waals surface area contributed by atoms with Gasteiger partial charge in [-0.25, -0.2) is 0 Å². The fraction of sp³-hybridized carbons (Fsp3) is 0.688. The molecule has 91 valence electrons. The first-order valence-corrected chi connectivity index (χ1v) is 7.27. The normalized spacial score (nSPS) is 49.1. The van der Waals surface area contributed by atoms with Crippen LogP contribution >= 0.6 is 0 Å². The zero-order valence-corrected chi connectivity index (χ0v) is 10.5. The lowest BCUT2D eigenvalue weighted by Crippen LogP contribution is -2.58. The van der Waals surface area contributed by atoms with Crippen LogP contribution in [0.3, 0.4) is 0 Å². The zero-order chi connectivity index (χ0) is 11.3. The van der Waals surface area contributed by atoms with E-state index in [1.54, 1.807) is 0 Å². The predicted octanol–water partition coefficient (Wildman–Crippen LogP) is 2.95. The van der Waals surface area contributed by atoms with E-state index < -0.39 is 0 Å². The van der Waals surface area contributed by atoms with E-state index in [9.17, 15) is 0 Å². The fourth-order valence-electron chi connectivity index (χ4n) is 5.15. The van der Waals surface area contributed by atoms with E-state index >= 15 is 0 Å². The van der Waals surface area contributed by atoms with Gasteiger partial charge in [-0.15, -0.1) is 0 Å². The molecule has 5 radical (unpaired) electrons. The molecule has 0 aromatic heterocycles. The van der Waals surface area contributed by atoms with Crippen molar-refractivity contribution in [2.75, 3.05) is 6.54 Å². The van der Waals surface area contributed by atoms with E-state index in [0.29, 0.717) is 5.54 Å². The standard InChI is InChI=1S/C16H22N/c1-2-4-12(3-1)11-17-16-8-13-5-14(9-16)7-15(6-13)10-16/h1-4,13-15,17H,5-11H2. The Morgan fingerprint density at radius 3 is 2.00 bits per heavy atom. The lowest BCUT2D eigenvalue weighted by Gasteiger charge is -2.57. The third-order valence-electron chi connectivity index (χ3n) is 5.44. The smallest absolute Gasteiger partial charge is 0.0189 e. The third-order valence-corrected chi connectivity index (χ3v) is 5.44. The summed E-state index contributed by atoms with van der Waals surface area (Å²) in [5, 5.41) is 3.93. The van der Waals surface area contributed by atoms with Gasteiger partial charge in [0.05, 0.1) is 0 Å². The Labute approximate surface area is 106 Å². The molecule has 0 heterocycles. The number of hydrogen-bond donors (Lipinski definition) is 1. The van der Waals surface area contributed by atoms with Gasteiger partial charge in [-0.1, -0.05) is 0 Å². The molecule has 0 aromatic rings. The van der Waals surface area contributed by atoms with Crippen molar-refractivity contribution >= 4 is 0 Å². The summed E-state index contributed by atoms with van der Waals surface area (Å²) in [6, 6.07) is 0. The quantitative estimate of drug-likeness (QED) is 0.783. The zero-order valence-electron chi connectivity index (χ0n) is 10.5. The maximum atomic E-state index is 3.93. The first kappa shape index (κ1) is 10.8. The molecule has 1 heteroatoms. The number of hydrogen-bond acceptors (Lipinski definition) is 1. The van der Waals surface area contributed by atoms with Crippen LogP contribution in [0.25, 0.3) is 0 Å². The van der Waals surface area contributed by atoms with Crippen LogP contribution in [0.4, 0.5) is 0 Å². The number of nitrogens with one attached hydrogen (secondary N) is 1. The van der Waals surface area contributed by atoms with E-state index in [1.807, 2.05) is 0 Å². The minimum absolute atomic E-state index is 0.520. The molecule has 5 rings (SSSR count). The monoisotopic (exact) mass is 228 g/mol. The second-order valence-electron chi connectivity index (χ2n) is 6.84. The van der Waals surface area contributed by atoms with E-state index in [2.05, 4.69) is 31.0 Å². The third kappa shape index (κ3) is 1.95. The lowest BCUT2D eigenvalue weighted by atomic mass is 9.53. The van der Waals surface area contributed by atoms with Gasteiger partial charge in [-0.2, -0.15) is 0 Å². The predicted molar refractivity (Wildman–Crippen MR) is 69.3 cm³/mol. The Balaban J connectivity index is 1.42. The second kappa shape index (κ2) is 3.98. The average Bonchev–Trinajstić information content (AvgIpc) is 2.77. The average molecular weight is 228 g/mol. The van der Waals surface area contributed by atoms with Crippen molar-refractivity contribution in [1.82, 2.24) is 5.32 Å². The molecular weight excluding hydrogens is 206 g/mol. The molecule has 1 N–H and O–H groups in total. The van der Waals surface area contributed by atoms with Gasteiger partial charge < -0.3 is 5.32 Å². The highest BCUT2D eigenvalue weighted by atomic mass is 15.0. The van der Waals surface area contributed by atoms with Gasteiger partial charge in [0.25, 0.3) is 0 Å². The topological polar surface area (TPSA) is 12.0 Å². The van der Waals surface area contributed by atoms with Crippen LogP contribution in [-0.2, 0) is 0 Å². The molecule has 0 aliphatic heterocycles. The highest BCUT2D eigenvalue weighted by molar-refractivity contribution is 5.36. The van der Waals surface area contributed by atoms with Gasteiger partial charge in [0.15, 0.2) is 0 Å². The molecule has 0 amide bonds. The minimum atomic E-state index is 0.520. The fourth-order valence-corrected chi connectivity index (χ4v) is 5.15. The maximum Gasteiger partial charge on any atom is 0.0189 e. The molecule has 0 atom stereocenters. The van der Waals surface area contributed by atoms with Crippen molar-refractivity contribution in [3.8, 4) is 0 Å². The van der Waals surface area contributed by atoms with Crippen LogP contribution in [0.2, 0.25) is 0 Å². The highest BCUT2D eigenvalue weighted by Crippen LogP contribution is 2.55. The van der Waals surface area contributed by atoms with Crippen molar-refractivity contribution in [2.45, 2.75) is 44.1 Å². The molecule has 1 nitrogen and oxygen atoms in total. The van der Waals surface area contributed by atoms with Gasteiger partial charge in [-0.05, 0) is 87.9 Å². The Morgan fingerprint density at radius 1 is 0.941 bits per heavy atom. The van der Waals surface area contributed by atoms with Crippen molar-refractivity contribution in [2.24, 2.45) is 17.8 Å². The summed E-state index contributed by atoms with van der Waals surface area (Å²) >= 11 is 0. The summed E-state index contributed by atoms with van der Waals surface area (Å²) in [4.78, 5) is 0. The van der Waals surface area contributed by atoms with Crippen LogP contribution in [0.5, 0.6) is 0 Å². The van der Waals surface area contributed by atoms with Crippen LogP contribution in [-0.4, -0.2) is 12.1 Å². The highest BCUT2D eigenvalue weighted by Gasteiger charge is 2.50. The summed E-state index contributed by atoms with van der Waals surface area (Å²) in [7, 11) is 0. The maximum absolute atomic E-state index is 3.93. The molecule has 0 spiro atoms. The van der Waals surface area contributed by atoms with Gasteiger partial charge in [0.1, 0.15) is 0 Å². The van der Waals surface area contributed by atoms with Gasteiger partial charge >= 0.3 is 0 Å². The summed E-state index contributed by atoms with van der Waals surface area (Å²) < 4.78 is 0. The van der Waals surface area contributed by atoms with Crippen LogP contribution in [0, 0.1) is 49.4 Å². The molecule has 5 fully saturated rings. The Kier molecular flexibility index (Phi) is 2.54. The SMILES string of the molecule is [CH]1[CH][CH][C](CNC23CC4CC(CC(C4)C2)C3)[CH]1. The first-order chi connectivity index (χ1) is 8.31. The van der Waals surface area contributed by atoms with Crippen LogP contribution < -0.4 is 5.32 Å². The van der Waals surface area contributed by atoms with Crippen LogP contribution in [0.15, 0.2) is 0 Å². The van der Waals surface area contributed by atoms with Crippen molar-refractivity contribution in [3.63, 3.8) is 0 Å². The molecule has 17 heavy (non-hydrogen) atoms. The van der Waals surface area contributed by atoms with E-state index in [1.165, 1.54) is 44.4 Å². The second-order valence-corrected chi connectivity index (χ2v) is 6.84. The Hall–Kier alpha value is -0.0400. The summed E-state index contributed by atoms with van der Waals surface area (Å²) in [6.07, 6.45) is 17.8. The van der Waals surface area contributed by atoms with Crippen molar-refractivity contribution in [3.05, 3.63) is 31.6 Å². The first-order valence-electron chi connectivity index (χ1n) is 7.27. The number of rotatable bonds is 3. The molecular formula is C16H22N. The van der Waals surface area contributed by atoms with Gasteiger partial charge in [-0.3, -0.25) is 0 Å². The van der Waals surface area contributed by atoms with Gasteiger partial charge in [0, 0.05) is 12.1 Å². The van der Waals surface area contributed by atoms with Gasteiger partial charge in [0.2, 0.25) is 0 Å². The summed E-state index contributed by atoms with van der Waals surface area (Å²) in [5.41, 5.74) is 0.520. The molecule has 5 saturated carbocycles. The summed E-state index contributed by atoms with van der Waals surface area (Å²) in [5.74, 6) is 4.61. The lowest BCUT2D eigenvalue weighted by molar-refractivity contribution is -0.0186. The Morgan fingerprint density at radius 2 is 1.47 bits per heavy atom. The van der Waals surface area contributed by atoms with Crippen molar-refractivity contribution < 1.29 is 0 Å². The summed E-state index contributed by atoms with van der Waals surface area (Å²) in [6.45, 7) is 1.08. The van der Waals surface area contributed by atoms with E-state index in [4.69, 9.17) is 0 Å². The molecule has 5 aliphatic rings. The molecule has 4 bridgehead atoms. The van der Waals surface area contributed by atoms with E-state index in [0.717, 1.165) is 24.3 Å². The largest absolute Gasteiger partial charge is 0.311 e. The minimum Gasteiger partial charge on any atom is -0.311 e. The van der Waals surface area contributed by atoms with Crippen molar-refractivity contribution in [1.29, 1.82) is 0 Å². The molecule has 0 unspecified atom stereocenters. The Bertz CT molecular complexity index is 255. The van der Waals surface area contributed by atoms with Crippen LogP contribution in [0.1, 0.15) is 38.5 Å². The molecule has 5 aliphatic carbocycles.